The van der Waals surface area contributed by atoms with E-state index >= 15 is 0 Å². The lowest BCUT2D eigenvalue weighted by atomic mass is 10.1. The zero-order valence-electron chi connectivity index (χ0n) is 10.4. The van der Waals surface area contributed by atoms with Gasteiger partial charge >= 0.3 is 6.03 Å². The number of hydrogen-bond acceptors (Lipinski definition) is 3. The van der Waals surface area contributed by atoms with Crippen molar-refractivity contribution < 1.29 is 9.90 Å². The van der Waals surface area contributed by atoms with Crippen LogP contribution in [0.3, 0.4) is 0 Å². The maximum atomic E-state index is 11.6. The molecule has 0 atom stereocenters. The van der Waals surface area contributed by atoms with Crippen LogP contribution in [0.15, 0.2) is 41.1 Å². The normalized spacial score (nSPS) is 10.2. The van der Waals surface area contributed by atoms with E-state index in [0.717, 1.165) is 23.2 Å². The molecule has 19 heavy (non-hydrogen) atoms. The van der Waals surface area contributed by atoms with Crippen LogP contribution in [0.4, 0.5) is 10.5 Å². The highest BCUT2D eigenvalue weighted by Crippen LogP contribution is 2.11. The molecule has 0 bridgehead atoms. The van der Waals surface area contributed by atoms with Crippen molar-refractivity contribution in [1.29, 1.82) is 0 Å². The third-order valence-corrected chi connectivity index (χ3v) is 3.37. The Kier molecular flexibility index (Phi) is 4.94. The molecule has 1 aromatic heterocycles. The fourth-order valence-electron chi connectivity index (χ4n) is 1.64. The number of rotatable bonds is 5. The Morgan fingerprint density at radius 1 is 1.16 bits per heavy atom. The minimum Gasteiger partial charge on any atom is -0.392 e. The molecule has 0 aliphatic heterocycles. The summed E-state index contributed by atoms with van der Waals surface area (Å²) in [6, 6.07) is 9.37. The summed E-state index contributed by atoms with van der Waals surface area (Å²) in [6.45, 7) is 0.635. The van der Waals surface area contributed by atoms with Gasteiger partial charge in [0.2, 0.25) is 0 Å². The number of carbonyl (C=O) groups is 1. The molecule has 2 rings (SSSR count). The van der Waals surface area contributed by atoms with Gasteiger partial charge in [0.05, 0.1) is 12.3 Å². The minimum atomic E-state index is -0.189. The molecule has 2 aromatic rings. The van der Waals surface area contributed by atoms with E-state index in [-0.39, 0.29) is 12.6 Å². The number of thiophene rings is 1. The van der Waals surface area contributed by atoms with E-state index in [1.807, 2.05) is 41.1 Å². The average molecular weight is 276 g/mol. The zero-order chi connectivity index (χ0) is 13.5. The Bertz CT molecular complexity index is 509. The third-order valence-electron chi connectivity index (χ3n) is 2.68. The van der Waals surface area contributed by atoms with Crippen LogP contribution in [0.2, 0.25) is 0 Å². The lowest BCUT2D eigenvalue weighted by Gasteiger charge is -2.06. The number of hydrogen-bond donors (Lipinski definition) is 3. The number of anilines is 1. The first-order valence-electron chi connectivity index (χ1n) is 6.03. The minimum absolute atomic E-state index is 0.0571. The van der Waals surface area contributed by atoms with Crippen LogP contribution in [-0.2, 0) is 13.0 Å². The summed E-state index contributed by atoms with van der Waals surface area (Å²) in [5.41, 5.74) is 2.84. The molecule has 0 fully saturated rings. The summed E-state index contributed by atoms with van der Waals surface area (Å²) in [4.78, 5) is 11.6. The predicted molar refractivity (Wildman–Crippen MR) is 77.4 cm³/mol. The summed E-state index contributed by atoms with van der Waals surface area (Å²) < 4.78 is 0. The van der Waals surface area contributed by atoms with Gasteiger partial charge in [0.25, 0.3) is 0 Å². The van der Waals surface area contributed by atoms with Crippen LogP contribution >= 0.6 is 11.3 Å². The van der Waals surface area contributed by atoms with E-state index in [2.05, 4.69) is 10.6 Å². The van der Waals surface area contributed by atoms with Gasteiger partial charge in [-0.1, -0.05) is 24.3 Å². The molecule has 1 heterocycles. The molecule has 0 aliphatic carbocycles. The second-order valence-electron chi connectivity index (χ2n) is 4.12. The lowest BCUT2D eigenvalue weighted by Crippen LogP contribution is -2.30. The van der Waals surface area contributed by atoms with E-state index < -0.39 is 0 Å². The molecule has 5 heteroatoms. The molecule has 0 spiro atoms. The molecule has 4 nitrogen and oxygen atoms in total. The van der Waals surface area contributed by atoms with Crippen LogP contribution in [-0.4, -0.2) is 17.7 Å². The van der Waals surface area contributed by atoms with E-state index in [1.165, 1.54) is 0 Å². The first-order chi connectivity index (χ1) is 9.28. The van der Waals surface area contributed by atoms with E-state index in [1.54, 1.807) is 11.3 Å². The van der Waals surface area contributed by atoms with Crippen molar-refractivity contribution in [3.05, 3.63) is 52.2 Å². The Labute approximate surface area is 116 Å². The quantitative estimate of drug-likeness (QED) is 0.786. The topological polar surface area (TPSA) is 61.4 Å². The Morgan fingerprint density at radius 3 is 2.53 bits per heavy atom. The van der Waals surface area contributed by atoms with Crippen LogP contribution in [0, 0.1) is 0 Å². The van der Waals surface area contributed by atoms with Crippen LogP contribution in [0.25, 0.3) is 0 Å². The van der Waals surface area contributed by atoms with Gasteiger partial charge < -0.3 is 15.7 Å². The van der Waals surface area contributed by atoms with Crippen molar-refractivity contribution in [1.82, 2.24) is 5.32 Å². The number of benzene rings is 1. The maximum absolute atomic E-state index is 11.6. The summed E-state index contributed by atoms with van der Waals surface area (Å²) >= 11 is 1.54. The fourth-order valence-corrected chi connectivity index (χ4v) is 2.23. The smallest absolute Gasteiger partial charge is 0.319 e. The van der Waals surface area contributed by atoms with Crippen molar-refractivity contribution in [3.8, 4) is 0 Å². The second-order valence-corrected chi connectivity index (χ2v) is 4.90. The van der Waals surface area contributed by atoms with Gasteiger partial charge in [-0.05, 0) is 29.0 Å². The van der Waals surface area contributed by atoms with Crippen LogP contribution in [0.5, 0.6) is 0 Å². The molecule has 0 saturated carbocycles. The summed E-state index contributed by atoms with van der Waals surface area (Å²) in [5, 5.41) is 18.3. The Balaban J connectivity index is 1.72. The highest BCUT2D eigenvalue weighted by Gasteiger charge is 2.01. The van der Waals surface area contributed by atoms with Crippen molar-refractivity contribution in [2.24, 2.45) is 0 Å². The number of carbonyl (C=O) groups excluding carboxylic acids is 1. The zero-order valence-corrected chi connectivity index (χ0v) is 11.2. The average Bonchev–Trinajstić information content (AvgIpc) is 2.92. The monoisotopic (exact) mass is 276 g/mol. The molecule has 3 N–H and O–H groups in total. The first-order valence-corrected chi connectivity index (χ1v) is 6.98. The molecule has 0 aliphatic rings. The predicted octanol–water partition coefficient (Wildman–Crippen LogP) is 2.60. The van der Waals surface area contributed by atoms with Gasteiger partial charge in [-0.2, -0.15) is 11.3 Å². The molecular weight excluding hydrogens is 260 g/mol. The van der Waals surface area contributed by atoms with Gasteiger partial charge in [-0.15, -0.1) is 0 Å². The molecule has 0 radical (unpaired) electrons. The summed E-state index contributed by atoms with van der Waals surface area (Å²) in [6.07, 6.45) is 0.767. The molecule has 100 valence electrons. The van der Waals surface area contributed by atoms with E-state index in [0.29, 0.717) is 6.54 Å². The SMILES string of the molecule is O=C(NCCc1ccc(CO)cc1)Nc1ccsc1. The lowest BCUT2D eigenvalue weighted by molar-refractivity contribution is 0.252. The highest BCUT2D eigenvalue weighted by molar-refractivity contribution is 7.08. The van der Waals surface area contributed by atoms with Gasteiger partial charge in [0, 0.05) is 11.9 Å². The van der Waals surface area contributed by atoms with E-state index in [4.69, 9.17) is 5.11 Å². The molecule has 2 amide bonds. The fraction of sp³-hybridized carbons (Fsp3) is 0.214. The van der Waals surface area contributed by atoms with Gasteiger partial charge in [0.1, 0.15) is 0 Å². The summed E-state index contributed by atoms with van der Waals surface area (Å²) in [5.74, 6) is 0. The largest absolute Gasteiger partial charge is 0.392 e. The van der Waals surface area contributed by atoms with Crippen LogP contribution < -0.4 is 10.6 Å². The Morgan fingerprint density at radius 2 is 1.89 bits per heavy atom. The summed E-state index contributed by atoms with van der Waals surface area (Å²) in [7, 11) is 0. The van der Waals surface area contributed by atoms with E-state index in [9.17, 15) is 4.79 Å². The molecule has 1 aromatic carbocycles. The second kappa shape index (κ2) is 6.92. The third kappa shape index (κ3) is 4.39. The number of nitrogens with one attached hydrogen (secondary N) is 2. The highest BCUT2D eigenvalue weighted by atomic mass is 32.1. The van der Waals surface area contributed by atoms with Crippen molar-refractivity contribution >= 4 is 23.1 Å². The molecule has 0 saturated heterocycles. The number of aliphatic hydroxyl groups is 1. The standard InChI is InChI=1S/C14H16N2O2S/c17-9-12-3-1-11(2-4-12)5-7-15-14(18)16-13-6-8-19-10-13/h1-4,6,8,10,17H,5,7,9H2,(H2,15,16,18). The number of amides is 2. The Hall–Kier alpha value is -1.85. The molecule has 0 unspecified atom stereocenters. The van der Waals surface area contributed by atoms with Crippen molar-refractivity contribution in [3.63, 3.8) is 0 Å². The number of urea groups is 1. The van der Waals surface area contributed by atoms with Crippen LogP contribution in [0.1, 0.15) is 11.1 Å². The van der Waals surface area contributed by atoms with Crippen molar-refractivity contribution in [2.75, 3.05) is 11.9 Å². The van der Waals surface area contributed by atoms with Gasteiger partial charge in [-0.25, -0.2) is 4.79 Å². The maximum Gasteiger partial charge on any atom is 0.319 e. The number of aliphatic hydroxyl groups excluding tert-OH is 1. The first kappa shape index (κ1) is 13.6. The molecular formula is C14H16N2O2S. The van der Waals surface area contributed by atoms with Gasteiger partial charge in [-0.3, -0.25) is 0 Å². The van der Waals surface area contributed by atoms with Gasteiger partial charge in [0.15, 0.2) is 0 Å². The van der Waals surface area contributed by atoms with Crippen molar-refractivity contribution in [2.45, 2.75) is 13.0 Å².